The summed E-state index contributed by atoms with van der Waals surface area (Å²) in [5.74, 6) is 0.681. The summed E-state index contributed by atoms with van der Waals surface area (Å²) in [6.07, 6.45) is 2.35. The van der Waals surface area contributed by atoms with Crippen LogP contribution in [0.15, 0.2) is 60.7 Å². The van der Waals surface area contributed by atoms with Gasteiger partial charge in [-0.15, -0.1) is 0 Å². The van der Waals surface area contributed by atoms with Gasteiger partial charge in [-0.05, 0) is 43.7 Å². The Balaban J connectivity index is 1.33. The molecule has 2 N–H and O–H groups in total. The van der Waals surface area contributed by atoms with Crippen LogP contribution < -0.4 is 10.1 Å². The lowest BCUT2D eigenvalue weighted by Gasteiger charge is -2.29. The van der Waals surface area contributed by atoms with Crippen LogP contribution in [0.3, 0.4) is 0 Å². The van der Waals surface area contributed by atoms with Crippen LogP contribution in [0.5, 0.6) is 5.75 Å². The molecule has 1 saturated heterocycles. The van der Waals surface area contributed by atoms with Gasteiger partial charge in [-0.3, -0.25) is 9.89 Å². The first kappa shape index (κ1) is 19.2. The van der Waals surface area contributed by atoms with Gasteiger partial charge < -0.3 is 15.0 Å². The summed E-state index contributed by atoms with van der Waals surface area (Å²) < 4.78 is 6.13. The highest BCUT2D eigenvalue weighted by molar-refractivity contribution is 5.93. The summed E-state index contributed by atoms with van der Waals surface area (Å²) in [6.45, 7) is 2.56. The number of nitrogens with one attached hydrogen (secondary N) is 2. The Hall–Kier alpha value is -3.12. The molecule has 1 fully saturated rings. The second-order valence-corrected chi connectivity index (χ2v) is 7.48. The fourth-order valence-corrected chi connectivity index (χ4v) is 3.50. The molecule has 0 radical (unpaired) electrons. The summed E-state index contributed by atoms with van der Waals surface area (Å²) in [5, 5.41) is 10.0. The monoisotopic (exact) mass is 390 g/mol. The quantitative estimate of drug-likeness (QED) is 0.676. The molecule has 1 aromatic heterocycles. The Morgan fingerprint density at radius 1 is 1.14 bits per heavy atom. The number of aromatic amines is 1. The number of nitrogens with zero attached hydrogens (tertiary/aromatic N) is 2. The van der Waals surface area contributed by atoms with E-state index >= 15 is 0 Å². The topological polar surface area (TPSA) is 70.2 Å². The minimum atomic E-state index is -0.179. The molecule has 29 heavy (non-hydrogen) atoms. The molecule has 6 nitrogen and oxygen atoms in total. The highest BCUT2D eigenvalue weighted by atomic mass is 16.5. The maximum atomic E-state index is 12.5. The summed E-state index contributed by atoms with van der Waals surface area (Å²) in [4.78, 5) is 14.8. The van der Waals surface area contributed by atoms with Crippen molar-refractivity contribution in [2.75, 3.05) is 20.1 Å². The van der Waals surface area contributed by atoms with Gasteiger partial charge in [0.2, 0.25) is 0 Å². The standard InChI is InChI=1S/C23H26N4O2/c1-27-12-10-19(11-13-27)29-20-9-5-6-17(14-20)16-24-23(28)22-15-21(25-26-22)18-7-3-2-4-8-18/h2-9,14-15,19H,10-13,16H2,1H3,(H,24,28)(H,25,26). The van der Waals surface area contributed by atoms with Crippen LogP contribution >= 0.6 is 0 Å². The molecule has 4 rings (SSSR count). The average molecular weight is 390 g/mol. The molecule has 150 valence electrons. The van der Waals surface area contributed by atoms with Crippen molar-refractivity contribution in [2.45, 2.75) is 25.5 Å². The van der Waals surface area contributed by atoms with Gasteiger partial charge >= 0.3 is 0 Å². The molecule has 0 saturated carbocycles. The molecule has 3 aromatic rings. The zero-order valence-electron chi connectivity index (χ0n) is 16.6. The summed E-state index contributed by atoms with van der Waals surface area (Å²) in [5.41, 5.74) is 3.18. The number of H-pyrrole nitrogens is 1. The SMILES string of the molecule is CN1CCC(Oc2cccc(CNC(=O)c3cc(-c4ccccc4)n[nH]3)c2)CC1. The summed E-state index contributed by atoms with van der Waals surface area (Å²) >= 11 is 0. The fourth-order valence-electron chi connectivity index (χ4n) is 3.50. The zero-order chi connectivity index (χ0) is 20.1. The van der Waals surface area contributed by atoms with E-state index in [4.69, 9.17) is 4.74 Å². The predicted molar refractivity (Wildman–Crippen MR) is 113 cm³/mol. The van der Waals surface area contributed by atoms with Crippen molar-refractivity contribution in [3.8, 4) is 17.0 Å². The number of carbonyl (C=O) groups excluding carboxylic acids is 1. The number of aromatic nitrogens is 2. The molecule has 0 spiro atoms. The van der Waals surface area contributed by atoms with Crippen molar-refractivity contribution in [3.63, 3.8) is 0 Å². The number of rotatable bonds is 6. The minimum absolute atomic E-state index is 0.179. The molecule has 1 aliphatic rings. The van der Waals surface area contributed by atoms with Gasteiger partial charge in [0.25, 0.3) is 5.91 Å². The molecule has 0 bridgehead atoms. The van der Waals surface area contributed by atoms with Gasteiger partial charge in [-0.25, -0.2) is 0 Å². The Bertz CT molecular complexity index is 946. The normalized spacial score (nSPS) is 15.2. The number of benzene rings is 2. The molecule has 1 amide bonds. The van der Waals surface area contributed by atoms with Crippen molar-refractivity contribution in [3.05, 3.63) is 71.9 Å². The zero-order valence-corrected chi connectivity index (χ0v) is 16.6. The number of amides is 1. The summed E-state index contributed by atoms with van der Waals surface area (Å²) in [7, 11) is 2.14. The van der Waals surface area contributed by atoms with Crippen molar-refractivity contribution in [1.29, 1.82) is 0 Å². The molecule has 0 unspecified atom stereocenters. The first-order chi connectivity index (χ1) is 14.2. The highest BCUT2D eigenvalue weighted by Crippen LogP contribution is 2.20. The van der Waals surface area contributed by atoms with E-state index in [1.807, 2.05) is 54.6 Å². The van der Waals surface area contributed by atoms with Crippen molar-refractivity contribution in [1.82, 2.24) is 20.4 Å². The first-order valence-electron chi connectivity index (χ1n) is 10.0. The van der Waals surface area contributed by atoms with E-state index in [-0.39, 0.29) is 12.0 Å². The number of piperidine rings is 1. The van der Waals surface area contributed by atoms with E-state index in [1.165, 1.54) is 0 Å². The lowest BCUT2D eigenvalue weighted by molar-refractivity contribution is 0.0945. The van der Waals surface area contributed by atoms with Gasteiger partial charge in [-0.2, -0.15) is 5.10 Å². The third kappa shape index (κ3) is 5.03. The third-order valence-electron chi connectivity index (χ3n) is 5.21. The highest BCUT2D eigenvalue weighted by Gasteiger charge is 2.18. The van der Waals surface area contributed by atoms with Crippen molar-refractivity contribution in [2.24, 2.45) is 0 Å². The fraction of sp³-hybridized carbons (Fsp3) is 0.304. The molecule has 0 aliphatic carbocycles. The Morgan fingerprint density at radius 2 is 1.93 bits per heavy atom. The predicted octanol–water partition coefficient (Wildman–Crippen LogP) is 3.48. The number of ether oxygens (including phenoxy) is 1. The van der Waals surface area contributed by atoms with E-state index in [9.17, 15) is 4.79 Å². The second kappa shape index (κ2) is 8.92. The molecule has 0 atom stereocenters. The molecule has 2 heterocycles. The maximum Gasteiger partial charge on any atom is 0.269 e. The second-order valence-electron chi connectivity index (χ2n) is 7.48. The first-order valence-corrected chi connectivity index (χ1v) is 10.0. The third-order valence-corrected chi connectivity index (χ3v) is 5.21. The maximum absolute atomic E-state index is 12.5. The van der Waals surface area contributed by atoms with Crippen LogP contribution in [0.1, 0.15) is 28.9 Å². The average Bonchev–Trinajstić information content (AvgIpc) is 3.25. The van der Waals surface area contributed by atoms with Gasteiger partial charge in [0.05, 0.1) is 5.69 Å². The van der Waals surface area contributed by atoms with E-state index in [0.717, 1.165) is 48.5 Å². The van der Waals surface area contributed by atoms with Crippen molar-refractivity contribution >= 4 is 5.91 Å². The van der Waals surface area contributed by atoms with E-state index in [2.05, 4.69) is 27.5 Å². The van der Waals surface area contributed by atoms with E-state index < -0.39 is 0 Å². The number of hydrogen-bond acceptors (Lipinski definition) is 4. The molecule has 1 aliphatic heterocycles. The van der Waals surface area contributed by atoms with Gasteiger partial charge in [0.15, 0.2) is 0 Å². The Kier molecular flexibility index (Phi) is 5.91. The largest absolute Gasteiger partial charge is 0.490 e. The van der Waals surface area contributed by atoms with Crippen LogP contribution in [0.25, 0.3) is 11.3 Å². The van der Waals surface area contributed by atoms with Crippen LogP contribution in [-0.4, -0.2) is 47.2 Å². The van der Waals surface area contributed by atoms with Crippen LogP contribution in [0.4, 0.5) is 0 Å². The van der Waals surface area contributed by atoms with Gasteiger partial charge in [0, 0.05) is 25.2 Å². The van der Waals surface area contributed by atoms with Gasteiger partial charge in [-0.1, -0.05) is 42.5 Å². The van der Waals surface area contributed by atoms with E-state index in [0.29, 0.717) is 12.2 Å². The molecule has 6 heteroatoms. The van der Waals surface area contributed by atoms with Crippen molar-refractivity contribution < 1.29 is 9.53 Å². The lowest BCUT2D eigenvalue weighted by Crippen LogP contribution is -2.35. The summed E-state index contributed by atoms with van der Waals surface area (Å²) in [6, 6.07) is 19.5. The molecular weight excluding hydrogens is 364 g/mol. The molecule has 2 aromatic carbocycles. The minimum Gasteiger partial charge on any atom is -0.490 e. The Morgan fingerprint density at radius 3 is 2.72 bits per heavy atom. The van der Waals surface area contributed by atoms with Crippen LogP contribution in [0.2, 0.25) is 0 Å². The van der Waals surface area contributed by atoms with Gasteiger partial charge in [0.1, 0.15) is 17.5 Å². The number of likely N-dealkylation sites (tertiary alicyclic amines) is 1. The van der Waals surface area contributed by atoms with Crippen LogP contribution in [0, 0.1) is 0 Å². The smallest absolute Gasteiger partial charge is 0.269 e. The number of carbonyl (C=O) groups is 1. The van der Waals surface area contributed by atoms with Crippen LogP contribution in [-0.2, 0) is 6.54 Å². The lowest BCUT2D eigenvalue weighted by atomic mass is 10.1. The Labute approximate surface area is 170 Å². The number of hydrogen-bond donors (Lipinski definition) is 2. The molecular formula is C23H26N4O2. The van der Waals surface area contributed by atoms with E-state index in [1.54, 1.807) is 6.07 Å².